The molecule has 1 aromatic rings. The molecule has 37 heavy (non-hydrogen) atoms. The van der Waals surface area contributed by atoms with Gasteiger partial charge in [-0.1, -0.05) is 90.9 Å². The van der Waals surface area contributed by atoms with Crippen LogP contribution in [0.5, 0.6) is 17.2 Å². The van der Waals surface area contributed by atoms with Gasteiger partial charge in [-0.25, -0.2) is 0 Å². The number of carbonyl (C=O) groups is 1. The van der Waals surface area contributed by atoms with Gasteiger partial charge in [-0.15, -0.1) is 0 Å². The van der Waals surface area contributed by atoms with Gasteiger partial charge in [0.05, 0.1) is 33.8 Å². The summed E-state index contributed by atoms with van der Waals surface area (Å²) in [6.45, 7) is 7.11. The van der Waals surface area contributed by atoms with Crippen LogP contribution in [0.3, 0.4) is 0 Å². The molecule has 0 aromatic heterocycles. The highest BCUT2D eigenvalue weighted by atomic mass is 16.5. The number of hydrogen-bond donors (Lipinski definition) is 0. The topological polar surface area (TPSA) is 48.0 Å². The molecular formula is C32H55NO4. The molecule has 5 heteroatoms. The van der Waals surface area contributed by atoms with E-state index < -0.39 is 0 Å². The Morgan fingerprint density at radius 3 is 1.76 bits per heavy atom. The molecule has 1 aliphatic rings. The molecule has 0 amide bonds. The van der Waals surface area contributed by atoms with Crippen LogP contribution >= 0.6 is 0 Å². The van der Waals surface area contributed by atoms with E-state index in [9.17, 15) is 4.79 Å². The number of nitrogens with zero attached hydrogens (tertiary/aromatic N) is 1. The van der Waals surface area contributed by atoms with Crippen LogP contribution in [0.2, 0.25) is 0 Å². The molecule has 0 spiro atoms. The van der Waals surface area contributed by atoms with Gasteiger partial charge < -0.3 is 14.2 Å². The van der Waals surface area contributed by atoms with Crippen molar-refractivity contribution >= 4 is 5.78 Å². The molecule has 1 saturated heterocycles. The molecule has 0 N–H and O–H groups in total. The number of Topliss-reactive ketones (excluding diaryl/α,β-unsaturated/α-hetero) is 1. The highest BCUT2D eigenvalue weighted by molar-refractivity contribution is 5.89. The summed E-state index contributed by atoms with van der Waals surface area (Å²) in [5, 5.41) is 0. The minimum Gasteiger partial charge on any atom is -0.496 e. The summed E-state index contributed by atoms with van der Waals surface area (Å²) in [5.41, 5.74) is 0.879. The third kappa shape index (κ3) is 11.3. The molecule has 0 bridgehead atoms. The number of likely N-dealkylation sites (tertiary alicyclic amines) is 1. The predicted molar refractivity (Wildman–Crippen MR) is 154 cm³/mol. The minimum absolute atomic E-state index is 0.224. The van der Waals surface area contributed by atoms with E-state index in [1.165, 1.54) is 83.5 Å². The Kier molecular flexibility index (Phi) is 15.7. The minimum atomic E-state index is -0.224. The number of ketones is 1. The monoisotopic (exact) mass is 517 g/mol. The third-order valence-electron chi connectivity index (χ3n) is 8.09. The average Bonchev–Trinajstić information content (AvgIpc) is 2.92. The number of ether oxygens (including phenoxy) is 3. The lowest BCUT2D eigenvalue weighted by molar-refractivity contribution is -0.122. The number of benzene rings is 1. The number of rotatable bonds is 20. The van der Waals surface area contributed by atoms with Crippen molar-refractivity contribution in [1.29, 1.82) is 0 Å². The van der Waals surface area contributed by atoms with E-state index in [1.54, 1.807) is 21.3 Å². The number of methoxy groups -OCH3 is 3. The van der Waals surface area contributed by atoms with Crippen molar-refractivity contribution in [3.63, 3.8) is 0 Å². The maximum atomic E-state index is 13.7. The van der Waals surface area contributed by atoms with Gasteiger partial charge in [0.15, 0.2) is 5.78 Å². The number of unbranched alkanes of at least 4 members (excludes halogenated alkanes) is 11. The zero-order valence-electron chi connectivity index (χ0n) is 24.6. The predicted octanol–water partition coefficient (Wildman–Crippen LogP) is 8.19. The van der Waals surface area contributed by atoms with Gasteiger partial charge in [0.1, 0.15) is 17.2 Å². The van der Waals surface area contributed by atoms with E-state index in [1.807, 2.05) is 12.1 Å². The van der Waals surface area contributed by atoms with Crippen molar-refractivity contribution in [2.45, 2.75) is 116 Å². The molecule has 1 unspecified atom stereocenters. The van der Waals surface area contributed by atoms with E-state index in [0.717, 1.165) is 37.4 Å². The molecule has 0 radical (unpaired) electrons. The van der Waals surface area contributed by atoms with Crippen molar-refractivity contribution in [1.82, 2.24) is 4.90 Å². The molecule has 0 saturated carbocycles. The van der Waals surface area contributed by atoms with E-state index in [2.05, 4.69) is 18.7 Å². The Bertz CT molecular complexity index is 732. The molecular weight excluding hydrogens is 462 g/mol. The number of hydrogen-bond acceptors (Lipinski definition) is 5. The van der Waals surface area contributed by atoms with Crippen LogP contribution in [0, 0.1) is 5.92 Å². The fourth-order valence-electron chi connectivity index (χ4n) is 5.58. The summed E-state index contributed by atoms with van der Waals surface area (Å²) >= 11 is 0. The third-order valence-corrected chi connectivity index (χ3v) is 8.09. The normalized spacial score (nSPS) is 15.5. The second kappa shape index (κ2) is 18.5. The summed E-state index contributed by atoms with van der Waals surface area (Å²) in [6, 6.07) is 3.76. The molecule has 212 valence electrons. The van der Waals surface area contributed by atoms with Crippen LogP contribution in [0.25, 0.3) is 0 Å². The van der Waals surface area contributed by atoms with Crippen LogP contribution in [0.4, 0.5) is 0 Å². The largest absolute Gasteiger partial charge is 0.496 e. The van der Waals surface area contributed by atoms with Crippen molar-refractivity contribution in [2.24, 2.45) is 5.92 Å². The lowest BCUT2D eigenvalue weighted by Gasteiger charge is -2.31. The summed E-state index contributed by atoms with van der Waals surface area (Å²) in [5.74, 6) is 2.85. The molecule has 5 nitrogen and oxygen atoms in total. The Hall–Kier alpha value is -1.75. The van der Waals surface area contributed by atoms with Crippen LogP contribution in [0.15, 0.2) is 12.1 Å². The van der Waals surface area contributed by atoms with E-state index in [4.69, 9.17) is 14.2 Å². The van der Waals surface area contributed by atoms with Gasteiger partial charge in [0.2, 0.25) is 0 Å². The lowest BCUT2D eigenvalue weighted by Crippen LogP contribution is -2.38. The van der Waals surface area contributed by atoms with Crippen LogP contribution in [-0.2, 0) is 4.79 Å². The molecule has 1 atom stereocenters. The fraction of sp³-hybridized carbons (Fsp3) is 0.781. The first-order chi connectivity index (χ1) is 18.0. The van der Waals surface area contributed by atoms with Gasteiger partial charge in [0, 0.05) is 17.7 Å². The van der Waals surface area contributed by atoms with Crippen LogP contribution in [0.1, 0.15) is 122 Å². The molecule has 1 fully saturated rings. The first kappa shape index (κ1) is 31.5. The number of carbonyl (C=O) groups excluding carboxylic acids is 1. The Morgan fingerprint density at radius 2 is 1.30 bits per heavy atom. The lowest BCUT2D eigenvalue weighted by atomic mass is 9.87. The summed E-state index contributed by atoms with van der Waals surface area (Å²) in [6.07, 6.45) is 18.9. The van der Waals surface area contributed by atoms with Crippen molar-refractivity contribution < 1.29 is 19.0 Å². The molecule has 1 aliphatic heterocycles. The van der Waals surface area contributed by atoms with Crippen LogP contribution < -0.4 is 14.2 Å². The van der Waals surface area contributed by atoms with Gasteiger partial charge in [-0.05, 0) is 38.3 Å². The Labute approximate surface area is 227 Å². The summed E-state index contributed by atoms with van der Waals surface area (Å²) in [7, 11) is 4.96. The molecule has 1 heterocycles. The quantitative estimate of drug-likeness (QED) is 0.163. The van der Waals surface area contributed by atoms with E-state index in [-0.39, 0.29) is 11.7 Å². The first-order valence-corrected chi connectivity index (χ1v) is 15.1. The summed E-state index contributed by atoms with van der Waals surface area (Å²) < 4.78 is 17.0. The zero-order chi connectivity index (χ0) is 26.9. The highest BCUT2D eigenvalue weighted by Crippen LogP contribution is 2.42. The fourth-order valence-corrected chi connectivity index (χ4v) is 5.58. The average molecular weight is 518 g/mol. The molecule has 0 aliphatic carbocycles. The maximum Gasteiger partial charge on any atom is 0.154 e. The first-order valence-electron chi connectivity index (χ1n) is 15.1. The second-order valence-corrected chi connectivity index (χ2v) is 11.1. The smallest absolute Gasteiger partial charge is 0.154 e. The molecule has 1 aromatic carbocycles. The van der Waals surface area contributed by atoms with Crippen LogP contribution in [-0.4, -0.2) is 51.6 Å². The zero-order valence-corrected chi connectivity index (χ0v) is 24.6. The van der Waals surface area contributed by atoms with Gasteiger partial charge in [-0.3, -0.25) is 9.69 Å². The van der Waals surface area contributed by atoms with Crippen molar-refractivity contribution in [2.75, 3.05) is 41.0 Å². The van der Waals surface area contributed by atoms with Crippen molar-refractivity contribution in [3.8, 4) is 17.2 Å². The standard InChI is InChI=1S/C32H55NO4/c1-6-7-8-9-10-11-12-13-14-15-16-17-18-28(29(34)25-33-21-19-26(2)20-22-33)32-30(36-4)23-27(35-3)24-31(32)37-5/h23-24,26,28H,6-22,25H2,1-5H3. The number of piperidine rings is 1. The Balaban J connectivity index is 1.94. The summed E-state index contributed by atoms with van der Waals surface area (Å²) in [4.78, 5) is 16.1. The van der Waals surface area contributed by atoms with Gasteiger partial charge in [0.25, 0.3) is 0 Å². The Morgan fingerprint density at radius 1 is 0.811 bits per heavy atom. The SMILES string of the molecule is CCCCCCCCCCCCCCC(C(=O)CN1CCC(C)CC1)c1c(OC)cc(OC)cc1OC. The van der Waals surface area contributed by atoms with E-state index in [0.29, 0.717) is 23.8 Å². The van der Waals surface area contributed by atoms with E-state index >= 15 is 0 Å². The van der Waals surface area contributed by atoms with Crippen molar-refractivity contribution in [3.05, 3.63) is 17.7 Å². The van der Waals surface area contributed by atoms with Gasteiger partial charge >= 0.3 is 0 Å². The molecule has 2 rings (SSSR count). The van der Waals surface area contributed by atoms with Gasteiger partial charge in [-0.2, -0.15) is 0 Å². The maximum absolute atomic E-state index is 13.7. The highest BCUT2D eigenvalue weighted by Gasteiger charge is 2.30. The second-order valence-electron chi connectivity index (χ2n) is 11.1.